The van der Waals surface area contributed by atoms with E-state index in [9.17, 15) is 0 Å². The molecule has 0 radical (unpaired) electrons. The highest BCUT2D eigenvalue weighted by atomic mass is 32.2. The Morgan fingerprint density at radius 3 is 2.00 bits per heavy atom. The van der Waals surface area contributed by atoms with Crippen LogP contribution in [-0.4, -0.2) is 22.3 Å². The first kappa shape index (κ1) is 7.62. The van der Waals surface area contributed by atoms with Crippen LogP contribution < -0.4 is 5.73 Å². The number of hydrogen-bond donors (Lipinski definition) is 4. The lowest BCUT2D eigenvalue weighted by Gasteiger charge is -2.14. The summed E-state index contributed by atoms with van der Waals surface area (Å²) >= 11 is 7.75. The fourth-order valence-corrected chi connectivity index (χ4v) is 0.0645. The summed E-state index contributed by atoms with van der Waals surface area (Å²) in [5.74, 6) is 0. The summed E-state index contributed by atoms with van der Waals surface area (Å²) in [6, 6.07) is 0. The SMILES string of the molecule is NCC(S)(S)CO. The van der Waals surface area contributed by atoms with Crippen molar-refractivity contribution in [3.05, 3.63) is 0 Å². The standard InChI is InChI=1S/C3H9NOS2/c4-1-3(6,7)2-5/h5-7H,1-2,4H2. The molecule has 0 saturated heterocycles. The zero-order chi connectivity index (χ0) is 5.91. The molecule has 0 spiro atoms. The van der Waals surface area contributed by atoms with Gasteiger partial charge in [-0.05, 0) is 0 Å². The zero-order valence-electron chi connectivity index (χ0n) is 3.83. The highest BCUT2D eigenvalue weighted by Crippen LogP contribution is 2.15. The first-order valence-electron chi connectivity index (χ1n) is 1.88. The molecule has 0 aromatic carbocycles. The third-order valence-electron chi connectivity index (χ3n) is 0.580. The predicted molar refractivity (Wildman–Crippen MR) is 36.8 cm³/mol. The summed E-state index contributed by atoms with van der Waals surface area (Å²) in [7, 11) is 0. The number of rotatable bonds is 2. The van der Waals surface area contributed by atoms with Crippen LogP contribution in [0.15, 0.2) is 0 Å². The van der Waals surface area contributed by atoms with Crippen LogP contribution in [0.4, 0.5) is 0 Å². The second-order valence-electron chi connectivity index (χ2n) is 1.34. The molecule has 7 heavy (non-hydrogen) atoms. The van der Waals surface area contributed by atoms with Crippen molar-refractivity contribution in [3.63, 3.8) is 0 Å². The molecule has 2 nitrogen and oxygen atoms in total. The maximum absolute atomic E-state index is 8.36. The van der Waals surface area contributed by atoms with Crippen LogP contribution in [0.25, 0.3) is 0 Å². The van der Waals surface area contributed by atoms with Gasteiger partial charge in [-0.2, -0.15) is 25.3 Å². The maximum atomic E-state index is 8.36. The molecule has 0 amide bonds. The fraction of sp³-hybridized carbons (Fsp3) is 1.00. The van der Waals surface area contributed by atoms with E-state index in [2.05, 4.69) is 25.3 Å². The van der Waals surface area contributed by atoms with Crippen LogP contribution in [0.2, 0.25) is 0 Å². The summed E-state index contributed by atoms with van der Waals surface area (Å²) in [6.45, 7) is 0.172. The van der Waals surface area contributed by atoms with Crippen molar-refractivity contribution in [1.82, 2.24) is 0 Å². The molecule has 44 valence electrons. The molecular formula is C3H9NOS2. The topological polar surface area (TPSA) is 46.2 Å². The lowest BCUT2D eigenvalue weighted by molar-refractivity contribution is 0.288. The Morgan fingerprint density at radius 1 is 1.57 bits per heavy atom. The van der Waals surface area contributed by atoms with Gasteiger partial charge in [0.2, 0.25) is 0 Å². The molecule has 0 heterocycles. The molecule has 0 aliphatic carbocycles. The number of hydrogen-bond acceptors (Lipinski definition) is 4. The van der Waals surface area contributed by atoms with Crippen LogP contribution in [0.1, 0.15) is 0 Å². The van der Waals surface area contributed by atoms with Gasteiger partial charge in [-0.15, -0.1) is 0 Å². The smallest absolute Gasteiger partial charge is 0.0904 e. The van der Waals surface area contributed by atoms with Crippen molar-refractivity contribution in [2.75, 3.05) is 13.2 Å². The minimum atomic E-state index is -0.694. The minimum absolute atomic E-state index is 0.101. The van der Waals surface area contributed by atoms with E-state index in [1.54, 1.807) is 0 Å². The molecule has 0 atom stereocenters. The molecule has 0 saturated carbocycles. The van der Waals surface area contributed by atoms with Crippen molar-refractivity contribution in [3.8, 4) is 0 Å². The lowest BCUT2D eigenvalue weighted by atomic mass is 10.4. The Labute approximate surface area is 53.9 Å². The number of aliphatic hydroxyl groups is 1. The van der Waals surface area contributed by atoms with E-state index in [0.717, 1.165) is 0 Å². The summed E-state index contributed by atoms with van der Waals surface area (Å²) in [5, 5.41) is 8.36. The molecule has 0 unspecified atom stereocenters. The van der Waals surface area contributed by atoms with Crippen molar-refractivity contribution >= 4 is 25.3 Å². The third-order valence-corrected chi connectivity index (χ3v) is 1.23. The van der Waals surface area contributed by atoms with Gasteiger partial charge < -0.3 is 10.8 Å². The van der Waals surface area contributed by atoms with E-state index in [-0.39, 0.29) is 13.2 Å². The molecule has 0 aromatic heterocycles. The monoisotopic (exact) mass is 139 g/mol. The minimum Gasteiger partial charge on any atom is -0.394 e. The van der Waals surface area contributed by atoms with Gasteiger partial charge in [0.1, 0.15) is 0 Å². The van der Waals surface area contributed by atoms with E-state index in [4.69, 9.17) is 10.8 Å². The highest BCUT2D eigenvalue weighted by molar-refractivity contribution is 8.00. The second-order valence-corrected chi connectivity index (χ2v) is 3.41. The normalized spacial score (nSPS) is 12.0. The molecule has 0 bridgehead atoms. The van der Waals surface area contributed by atoms with Gasteiger partial charge in [-0.1, -0.05) is 0 Å². The van der Waals surface area contributed by atoms with Gasteiger partial charge in [-0.3, -0.25) is 0 Å². The van der Waals surface area contributed by atoms with Gasteiger partial charge in [-0.25, -0.2) is 0 Å². The van der Waals surface area contributed by atoms with Crippen molar-refractivity contribution < 1.29 is 5.11 Å². The van der Waals surface area contributed by atoms with Gasteiger partial charge >= 0.3 is 0 Å². The molecule has 4 heteroatoms. The van der Waals surface area contributed by atoms with Gasteiger partial charge in [0.15, 0.2) is 0 Å². The first-order chi connectivity index (χ1) is 3.12. The fourth-order valence-electron chi connectivity index (χ4n) is 0.0645. The van der Waals surface area contributed by atoms with E-state index < -0.39 is 4.08 Å². The van der Waals surface area contributed by atoms with Crippen LogP contribution in [-0.2, 0) is 0 Å². The van der Waals surface area contributed by atoms with Crippen molar-refractivity contribution in [1.29, 1.82) is 0 Å². The van der Waals surface area contributed by atoms with Gasteiger partial charge in [0.05, 0.1) is 10.7 Å². The molecular weight excluding hydrogens is 130 g/mol. The largest absolute Gasteiger partial charge is 0.394 e. The average molecular weight is 139 g/mol. The Kier molecular flexibility index (Phi) is 3.06. The van der Waals surface area contributed by atoms with Crippen LogP contribution in [0, 0.1) is 0 Å². The summed E-state index contributed by atoms with van der Waals surface area (Å²) < 4.78 is -0.694. The van der Waals surface area contributed by atoms with E-state index >= 15 is 0 Å². The third kappa shape index (κ3) is 3.22. The average Bonchev–Trinajstić information content (AvgIpc) is 1.68. The molecule has 0 fully saturated rings. The maximum Gasteiger partial charge on any atom is 0.0904 e. The van der Waals surface area contributed by atoms with Crippen LogP contribution in [0.3, 0.4) is 0 Å². The number of aliphatic hydroxyl groups excluding tert-OH is 1. The van der Waals surface area contributed by atoms with Crippen LogP contribution in [0.5, 0.6) is 0 Å². The second kappa shape index (κ2) is 2.81. The number of thiol groups is 2. The zero-order valence-corrected chi connectivity index (χ0v) is 5.62. The van der Waals surface area contributed by atoms with Crippen molar-refractivity contribution in [2.45, 2.75) is 4.08 Å². The Balaban J connectivity index is 3.36. The summed E-state index contributed by atoms with van der Waals surface area (Å²) in [5.41, 5.74) is 5.10. The quantitative estimate of drug-likeness (QED) is 0.308. The molecule has 0 aliphatic heterocycles. The molecule has 0 aliphatic rings. The molecule has 0 aromatic rings. The number of nitrogens with two attached hydrogens (primary N) is 1. The predicted octanol–water partition coefficient (Wildman–Crippen LogP) is -0.507. The van der Waals surface area contributed by atoms with Gasteiger partial charge in [0, 0.05) is 6.54 Å². The van der Waals surface area contributed by atoms with E-state index in [1.165, 1.54) is 0 Å². The Bertz CT molecular complexity index is 50.9. The van der Waals surface area contributed by atoms with Gasteiger partial charge in [0.25, 0.3) is 0 Å². The summed E-state index contributed by atoms with van der Waals surface area (Å²) in [4.78, 5) is 0. The van der Waals surface area contributed by atoms with E-state index in [0.29, 0.717) is 0 Å². The van der Waals surface area contributed by atoms with Crippen LogP contribution >= 0.6 is 25.3 Å². The van der Waals surface area contributed by atoms with Crippen molar-refractivity contribution in [2.24, 2.45) is 5.73 Å². The summed E-state index contributed by atoms with van der Waals surface area (Å²) in [6.07, 6.45) is 0. The first-order valence-corrected chi connectivity index (χ1v) is 2.77. The molecule has 3 N–H and O–H groups in total. The Morgan fingerprint density at radius 2 is 2.00 bits per heavy atom. The lowest BCUT2D eigenvalue weighted by Crippen LogP contribution is -2.29. The molecule has 0 rings (SSSR count). The highest BCUT2D eigenvalue weighted by Gasteiger charge is 2.14. The Hall–Kier alpha value is 0.620. The van der Waals surface area contributed by atoms with E-state index in [1.807, 2.05) is 0 Å².